The molecule has 1 amide bonds. The van der Waals surface area contributed by atoms with Crippen molar-refractivity contribution in [3.8, 4) is 5.75 Å². The number of nitrogens with zero attached hydrogens (tertiary/aromatic N) is 1. The number of carbonyl (C=O) groups excluding carboxylic acids is 2. The standard InChI is InChI=1S/C18H24BrNO5/c1-18(2,3)25-17(22)20-9-5-6-13(20)11-24-15-10-12(19)7-8-14(15)16(21)23-4/h7-8,10,13H,5-6,9,11H2,1-4H3/t13-/m0/s1. The Kier molecular flexibility index (Phi) is 6.32. The van der Waals surface area contributed by atoms with Crippen LogP contribution in [0, 0.1) is 0 Å². The number of hydrogen-bond acceptors (Lipinski definition) is 5. The van der Waals surface area contributed by atoms with E-state index in [4.69, 9.17) is 14.2 Å². The molecule has 1 fully saturated rings. The molecule has 0 N–H and O–H groups in total. The Morgan fingerprint density at radius 3 is 2.68 bits per heavy atom. The van der Waals surface area contributed by atoms with Crippen LogP contribution in [0.15, 0.2) is 22.7 Å². The summed E-state index contributed by atoms with van der Waals surface area (Å²) in [5, 5.41) is 0. The van der Waals surface area contributed by atoms with Gasteiger partial charge in [0.25, 0.3) is 0 Å². The van der Waals surface area contributed by atoms with E-state index in [-0.39, 0.29) is 12.1 Å². The van der Waals surface area contributed by atoms with Gasteiger partial charge in [-0.3, -0.25) is 0 Å². The van der Waals surface area contributed by atoms with Gasteiger partial charge in [-0.15, -0.1) is 0 Å². The summed E-state index contributed by atoms with van der Waals surface area (Å²) in [7, 11) is 1.33. The fourth-order valence-corrected chi connectivity index (χ4v) is 2.99. The van der Waals surface area contributed by atoms with Crippen LogP contribution in [-0.2, 0) is 9.47 Å². The number of rotatable bonds is 4. The van der Waals surface area contributed by atoms with E-state index in [1.165, 1.54) is 7.11 Å². The summed E-state index contributed by atoms with van der Waals surface area (Å²) >= 11 is 3.37. The van der Waals surface area contributed by atoms with Gasteiger partial charge in [0.2, 0.25) is 0 Å². The lowest BCUT2D eigenvalue weighted by Crippen LogP contribution is -2.42. The van der Waals surface area contributed by atoms with Gasteiger partial charge in [-0.2, -0.15) is 0 Å². The number of ether oxygens (including phenoxy) is 3. The molecule has 7 heteroatoms. The number of carbonyl (C=O) groups is 2. The topological polar surface area (TPSA) is 65.1 Å². The zero-order valence-corrected chi connectivity index (χ0v) is 16.6. The van der Waals surface area contributed by atoms with Gasteiger partial charge < -0.3 is 19.1 Å². The maximum atomic E-state index is 12.3. The third-order valence-electron chi connectivity index (χ3n) is 3.79. The fraction of sp³-hybridized carbons (Fsp3) is 0.556. The molecule has 0 spiro atoms. The Bertz CT molecular complexity index is 641. The number of benzene rings is 1. The van der Waals surface area contributed by atoms with Gasteiger partial charge in [0.1, 0.15) is 23.5 Å². The summed E-state index contributed by atoms with van der Waals surface area (Å²) in [5.41, 5.74) is -0.180. The largest absolute Gasteiger partial charge is 0.490 e. The van der Waals surface area contributed by atoms with Crippen molar-refractivity contribution in [3.05, 3.63) is 28.2 Å². The Labute approximate surface area is 156 Å². The minimum Gasteiger partial charge on any atom is -0.490 e. The highest BCUT2D eigenvalue weighted by molar-refractivity contribution is 9.10. The maximum Gasteiger partial charge on any atom is 0.410 e. The first-order valence-electron chi connectivity index (χ1n) is 8.21. The van der Waals surface area contributed by atoms with Gasteiger partial charge in [-0.1, -0.05) is 15.9 Å². The molecule has 138 valence electrons. The van der Waals surface area contributed by atoms with E-state index in [9.17, 15) is 9.59 Å². The predicted molar refractivity (Wildman–Crippen MR) is 96.9 cm³/mol. The van der Waals surface area contributed by atoms with Crippen molar-refractivity contribution < 1.29 is 23.8 Å². The van der Waals surface area contributed by atoms with Crippen LogP contribution in [0.25, 0.3) is 0 Å². The van der Waals surface area contributed by atoms with Crippen LogP contribution in [-0.4, -0.2) is 48.9 Å². The Balaban J connectivity index is 2.06. The van der Waals surface area contributed by atoms with Gasteiger partial charge in [-0.05, 0) is 51.8 Å². The number of likely N-dealkylation sites (tertiary alicyclic amines) is 1. The summed E-state index contributed by atoms with van der Waals surface area (Å²) < 4.78 is 16.9. The zero-order chi connectivity index (χ0) is 18.6. The first-order valence-corrected chi connectivity index (χ1v) is 9.01. The molecule has 2 rings (SSSR count). The third-order valence-corrected chi connectivity index (χ3v) is 4.28. The first kappa shape index (κ1) is 19.6. The number of amides is 1. The van der Waals surface area contributed by atoms with Crippen molar-refractivity contribution in [1.82, 2.24) is 4.90 Å². The summed E-state index contributed by atoms with van der Waals surface area (Å²) in [6.07, 6.45) is 1.40. The minimum absolute atomic E-state index is 0.0840. The highest BCUT2D eigenvalue weighted by Crippen LogP contribution is 2.27. The molecular weight excluding hydrogens is 390 g/mol. The number of hydrogen-bond donors (Lipinski definition) is 0. The second kappa shape index (κ2) is 8.08. The van der Waals surface area contributed by atoms with Crippen molar-refractivity contribution in [2.75, 3.05) is 20.3 Å². The smallest absolute Gasteiger partial charge is 0.410 e. The summed E-state index contributed by atoms with van der Waals surface area (Å²) in [5.74, 6) is -0.0322. The fourth-order valence-electron chi connectivity index (χ4n) is 2.65. The predicted octanol–water partition coefficient (Wildman–Crippen LogP) is 4.01. The minimum atomic E-state index is -0.534. The first-order chi connectivity index (χ1) is 11.7. The molecule has 0 unspecified atom stereocenters. The van der Waals surface area contributed by atoms with E-state index >= 15 is 0 Å². The van der Waals surface area contributed by atoms with Gasteiger partial charge in [0, 0.05) is 11.0 Å². The lowest BCUT2D eigenvalue weighted by Gasteiger charge is -2.28. The molecule has 0 radical (unpaired) electrons. The molecule has 1 saturated heterocycles. The molecule has 1 aromatic carbocycles. The van der Waals surface area contributed by atoms with E-state index in [0.29, 0.717) is 24.5 Å². The average Bonchev–Trinajstić information content (AvgIpc) is 2.99. The van der Waals surface area contributed by atoms with Gasteiger partial charge in [0.05, 0.1) is 13.2 Å². The molecule has 0 bridgehead atoms. The molecular formula is C18H24BrNO5. The summed E-state index contributed by atoms with van der Waals surface area (Å²) in [6, 6.07) is 5.03. The van der Waals surface area contributed by atoms with E-state index in [1.54, 1.807) is 23.1 Å². The highest BCUT2D eigenvalue weighted by atomic mass is 79.9. The van der Waals surface area contributed by atoms with Crippen molar-refractivity contribution >= 4 is 28.0 Å². The molecule has 1 atom stereocenters. The zero-order valence-electron chi connectivity index (χ0n) is 15.0. The Hall–Kier alpha value is -1.76. The number of halogens is 1. The molecule has 1 aliphatic rings. The van der Waals surface area contributed by atoms with Crippen molar-refractivity contribution in [2.45, 2.75) is 45.3 Å². The molecule has 0 aliphatic carbocycles. The second-order valence-electron chi connectivity index (χ2n) is 6.91. The van der Waals surface area contributed by atoms with E-state index < -0.39 is 11.6 Å². The van der Waals surface area contributed by atoms with Gasteiger partial charge in [0.15, 0.2) is 0 Å². The molecule has 0 aromatic heterocycles. The number of methoxy groups -OCH3 is 1. The molecule has 1 aromatic rings. The van der Waals surface area contributed by atoms with Crippen LogP contribution in [0.2, 0.25) is 0 Å². The van der Waals surface area contributed by atoms with Crippen LogP contribution in [0.5, 0.6) is 5.75 Å². The Morgan fingerprint density at radius 1 is 1.32 bits per heavy atom. The summed E-state index contributed by atoms with van der Waals surface area (Å²) in [6.45, 7) is 6.47. The van der Waals surface area contributed by atoms with E-state index in [1.807, 2.05) is 20.8 Å². The lowest BCUT2D eigenvalue weighted by molar-refractivity contribution is 0.0185. The Morgan fingerprint density at radius 2 is 2.04 bits per heavy atom. The molecule has 0 saturated carbocycles. The van der Waals surface area contributed by atoms with E-state index in [0.717, 1.165) is 17.3 Å². The maximum absolute atomic E-state index is 12.3. The van der Waals surface area contributed by atoms with Crippen molar-refractivity contribution in [1.29, 1.82) is 0 Å². The van der Waals surface area contributed by atoms with E-state index in [2.05, 4.69) is 15.9 Å². The van der Waals surface area contributed by atoms with Crippen LogP contribution >= 0.6 is 15.9 Å². The monoisotopic (exact) mass is 413 g/mol. The van der Waals surface area contributed by atoms with Crippen LogP contribution in [0.3, 0.4) is 0 Å². The molecule has 25 heavy (non-hydrogen) atoms. The summed E-state index contributed by atoms with van der Waals surface area (Å²) in [4.78, 5) is 25.9. The van der Waals surface area contributed by atoms with Crippen LogP contribution in [0.4, 0.5) is 4.79 Å². The van der Waals surface area contributed by atoms with Gasteiger partial charge >= 0.3 is 12.1 Å². The SMILES string of the molecule is COC(=O)c1ccc(Br)cc1OC[C@@H]1CCCN1C(=O)OC(C)(C)C. The molecule has 1 aliphatic heterocycles. The number of esters is 1. The quantitative estimate of drug-likeness (QED) is 0.697. The normalized spacial score (nSPS) is 17.3. The lowest BCUT2D eigenvalue weighted by atomic mass is 10.2. The average molecular weight is 414 g/mol. The highest BCUT2D eigenvalue weighted by Gasteiger charge is 2.32. The third kappa shape index (κ3) is 5.36. The second-order valence-corrected chi connectivity index (χ2v) is 7.83. The van der Waals surface area contributed by atoms with Gasteiger partial charge in [-0.25, -0.2) is 9.59 Å². The van der Waals surface area contributed by atoms with Crippen LogP contribution in [0.1, 0.15) is 44.0 Å². The molecule has 6 nitrogen and oxygen atoms in total. The van der Waals surface area contributed by atoms with Crippen molar-refractivity contribution in [2.24, 2.45) is 0 Å². The molecule has 1 heterocycles. The van der Waals surface area contributed by atoms with Crippen LogP contribution < -0.4 is 4.74 Å². The van der Waals surface area contributed by atoms with Crippen molar-refractivity contribution in [3.63, 3.8) is 0 Å².